The number of β-amino-alcohol motifs (C(OH)–C–C–N with tert-alkyl or cyclic N) is 1. The number of benzene rings is 1. The molecule has 25 heavy (non-hydrogen) atoms. The van der Waals surface area contributed by atoms with E-state index in [0.717, 1.165) is 25.9 Å². The first-order chi connectivity index (χ1) is 12.0. The van der Waals surface area contributed by atoms with Crippen molar-refractivity contribution < 1.29 is 9.84 Å². The van der Waals surface area contributed by atoms with Crippen molar-refractivity contribution in [2.24, 2.45) is 0 Å². The van der Waals surface area contributed by atoms with Crippen LogP contribution in [0, 0.1) is 0 Å². The fourth-order valence-electron chi connectivity index (χ4n) is 3.45. The predicted molar refractivity (Wildman–Crippen MR) is 96.0 cm³/mol. The Morgan fingerprint density at radius 2 is 2.12 bits per heavy atom. The summed E-state index contributed by atoms with van der Waals surface area (Å²) >= 11 is 0. The van der Waals surface area contributed by atoms with Gasteiger partial charge in [0.15, 0.2) is 0 Å². The summed E-state index contributed by atoms with van der Waals surface area (Å²) < 4.78 is 7.02. The summed E-state index contributed by atoms with van der Waals surface area (Å²) in [6.45, 7) is 7.12. The zero-order valence-electron chi connectivity index (χ0n) is 15.4. The Labute approximate surface area is 149 Å². The molecule has 1 unspecified atom stereocenters. The van der Waals surface area contributed by atoms with Crippen LogP contribution in [0.15, 0.2) is 30.5 Å². The van der Waals surface area contributed by atoms with Crippen molar-refractivity contribution in [1.29, 1.82) is 0 Å². The minimum Gasteiger partial charge on any atom is -0.382 e. The number of hydrogen-bond donors (Lipinski definition) is 1. The lowest BCUT2D eigenvalue weighted by molar-refractivity contribution is -0.0414. The number of piperidine rings is 1. The molecule has 0 spiro atoms. The van der Waals surface area contributed by atoms with Gasteiger partial charge in [-0.1, -0.05) is 29.5 Å². The van der Waals surface area contributed by atoms with Crippen molar-refractivity contribution in [2.75, 3.05) is 20.2 Å². The highest BCUT2D eigenvalue weighted by Crippen LogP contribution is 2.31. The highest BCUT2D eigenvalue weighted by molar-refractivity contribution is 5.23. The number of hydrogen-bond acceptors (Lipinski definition) is 5. The number of rotatable bonds is 6. The van der Waals surface area contributed by atoms with Crippen molar-refractivity contribution in [1.82, 2.24) is 19.9 Å². The van der Waals surface area contributed by atoms with E-state index in [4.69, 9.17) is 4.74 Å². The van der Waals surface area contributed by atoms with E-state index in [2.05, 4.69) is 53.3 Å². The van der Waals surface area contributed by atoms with Crippen LogP contribution in [0.1, 0.15) is 49.6 Å². The number of methoxy groups -OCH3 is 1. The molecule has 0 amide bonds. The molecule has 1 aliphatic heterocycles. The fourth-order valence-corrected chi connectivity index (χ4v) is 3.45. The Bertz CT molecular complexity index is 700. The Morgan fingerprint density at radius 1 is 1.32 bits per heavy atom. The van der Waals surface area contributed by atoms with E-state index >= 15 is 0 Å². The Balaban J connectivity index is 1.70. The fraction of sp³-hybridized carbons (Fsp3) is 0.579. The van der Waals surface area contributed by atoms with E-state index in [9.17, 15) is 5.11 Å². The maximum Gasteiger partial charge on any atom is 0.123 e. The van der Waals surface area contributed by atoms with E-state index in [1.54, 1.807) is 11.8 Å². The second-order valence-corrected chi connectivity index (χ2v) is 7.28. The van der Waals surface area contributed by atoms with Crippen molar-refractivity contribution in [3.05, 3.63) is 47.3 Å². The first-order valence-corrected chi connectivity index (χ1v) is 8.94. The second kappa shape index (κ2) is 7.64. The normalized spacial score (nSPS) is 21.8. The maximum absolute atomic E-state index is 11.1. The predicted octanol–water partition coefficient (Wildman–Crippen LogP) is 2.49. The third-order valence-corrected chi connectivity index (χ3v) is 4.77. The molecule has 0 bridgehead atoms. The molecule has 1 fully saturated rings. The maximum atomic E-state index is 11.1. The van der Waals surface area contributed by atoms with Gasteiger partial charge in [-0.3, -0.25) is 4.90 Å². The average molecular weight is 344 g/mol. The zero-order chi connectivity index (χ0) is 17.9. The molecular formula is C19H28N4O2. The summed E-state index contributed by atoms with van der Waals surface area (Å²) in [5, 5.41) is 19.5. The average Bonchev–Trinajstić information content (AvgIpc) is 3.07. The highest BCUT2D eigenvalue weighted by Gasteiger charge is 2.37. The van der Waals surface area contributed by atoms with Gasteiger partial charge in [0.25, 0.3) is 0 Å². The minimum absolute atomic E-state index is 0.244. The molecule has 6 heteroatoms. The van der Waals surface area contributed by atoms with Gasteiger partial charge in [-0.25, -0.2) is 4.68 Å². The van der Waals surface area contributed by atoms with E-state index < -0.39 is 5.60 Å². The molecule has 3 rings (SSSR count). The van der Waals surface area contributed by atoms with Crippen LogP contribution in [-0.2, 0) is 23.5 Å². The standard InChI is InChI=1S/C19H28N4O2/c1-15(2)23-12-18(20-21-23)19(24)8-5-9-22(14-19)11-16-6-4-7-17(10-16)13-25-3/h4,6-7,10,12,15,24H,5,8-9,11,13-14H2,1-3H3. The van der Waals surface area contributed by atoms with E-state index in [1.807, 2.05) is 6.20 Å². The minimum atomic E-state index is -0.921. The molecule has 1 atom stereocenters. The molecule has 0 aliphatic carbocycles. The topological polar surface area (TPSA) is 63.4 Å². The second-order valence-electron chi connectivity index (χ2n) is 7.28. The van der Waals surface area contributed by atoms with Crippen LogP contribution in [0.25, 0.3) is 0 Å². The largest absolute Gasteiger partial charge is 0.382 e. The number of aliphatic hydroxyl groups is 1. The Morgan fingerprint density at radius 3 is 2.84 bits per heavy atom. The van der Waals surface area contributed by atoms with Gasteiger partial charge >= 0.3 is 0 Å². The van der Waals surface area contributed by atoms with E-state index in [1.165, 1.54) is 11.1 Å². The van der Waals surface area contributed by atoms with Gasteiger partial charge in [-0.2, -0.15) is 0 Å². The highest BCUT2D eigenvalue weighted by atomic mass is 16.5. The lowest BCUT2D eigenvalue weighted by atomic mass is 9.89. The number of likely N-dealkylation sites (tertiary alicyclic amines) is 1. The molecule has 2 aromatic rings. The van der Waals surface area contributed by atoms with Crippen LogP contribution in [0.2, 0.25) is 0 Å². The number of ether oxygens (including phenoxy) is 1. The summed E-state index contributed by atoms with van der Waals surface area (Å²) in [7, 11) is 1.71. The quantitative estimate of drug-likeness (QED) is 0.872. The molecule has 1 aromatic carbocycles. The summed E-state index contributed by atoms with van der Waals surface area (Å²) in [6.07, 6.45) is 3.56. The van der Waals surface area contributed by atoms with Crippen molar-refractivity contribution in [3.8, 4) is 0 Å². The van der Waals surface area contributed by atoms with Crippen molar-refractivity contribution in [2.45, 2.75) is 51.5 Å². The Hall–Kier alpha value is -1.76. The Kier molecular flexibility index (Phi) is 5.51. The van der Waals surface area contributed by atoms with E-state index in [0.29, 0.717) is 18.8 Å². The monoisotopic (exact) mass is 344 g/mol. The van der Waals surface area contributed by atoms with Crippen LogP contribution < -0.4 is 0 Å². The van der Waals surface area contributed by atoms with Crippen molar-refractivity contribution in [3.63, 3.8) is 0 Å². The molecule has 1 saturated heterocycles. The van der Waals surface area contributed by atoms with Crippen LogP contribution >= 0.6 is 0 Å². The molecule has 136 valence electrons. The molecule has 6 nitrogen and oxygen atoms in total. The first-order valence-electron chi connectivity index (χ1n) is 8.94. The molecule has 2 heterocycles. The van der Waals surface area contributed by atoms with Gasteiger partial charge in [0, 0.05) is 26.2 Å². The zero-order valence-corrected chi connectivity index (χ0v) is 15.4. The van der Waals surface area contributed by atoms with Crippen LogP contribution in [0.4, 0.5) is 0 Å². The molecule has 0 saturated carbocycles. The molecule has 1 aromatic heterocycles. The molecular weight excluding hydrogens is 316 g/mol. The van der Waals surface area contributed by atoms with Gasteiger partial charge in [-0.15, -0.1) is 5.10 Å². The van der Waals surface area contributed by atoms with Gasteiger partial charge < -0.3 is 9.84 Å². The van der Waals surface area contributed by atoms with E-state index in [-0.39, 0.29) is 6.04 Å². The van der Waals surface area contributed by atoms with Gasteiger partial charge in [0.05, 0.1) is 12.8 Å². The molecule has 0 radical (unpaired) electrons. The van der Waals surface area contributed by atoms with Gasteiger partial charge in [0.1, 0.15) is 11.3 Å². The lowest BCUT2D eigenvalue weighted by Crippen LogP contribution is -2.45. The molecule has 1 N–H and O–H groups in total. The summed E-state index contributed by atoms with van der Waals surface area (Å²) in [6, 6.07) is 8.68. The van der Waals surface area contributed by atoms with Crippen LogP contribution in [0.3, 0.4) is 0 Å². The van der Waals surface area contributed by atoms with Gasteiger partial charge in [0.2, 0.25) is 0 Å². The molecule has 1 aliphatic rings. The third-order valence-electron chi connectivity index (χ3n) is 4.77. The van der Waals surface area contributed by atoms with Gasteiger partial charge in [-0.05, 0) is 44.4 Å². The summed E-state index contributed by atoms with van der Waals surface area (Å²) in [4.78, 5) is 2.30. The summed E-state index contributed by atoms with van der Waals surface area (Å²) in [5.41, 5.74) is 2.17. The smallest absolute Gasteiger partial charge is 0.123 e. The third kappa shape index (κ3) is 4.26. The number of aromatic nitrogens is 3. The van der Waals surface area contributed by atoms with Crippen molar-refractivity contribution >= 4 is 0 Å². The SMILES string of the molecule is COCc1cccc(CN2CCCC(O)(c3cn(C(C)C)nn3)C2)c1. The lowest BCUT2D eigenvalue weighted by Gasteiger charge is -2.38. The number of nitrogens with zero attached hydrogens (tertiary/aromatic N) is 4. The van der Waals surface area contributed by atoms with Crippen LogP contribution in [-0.4, -0.2) is 45.2 Å². The van der Waals surface area contributed by atoms with Crippen LogP contribution in [0.5, 0.6) is 0 Å². The first kappa shape index (κ1) is 18.0. The summed E-state index contributed by atoms with van der Waals surface area (Å²) in [5.74, 6) is 0.